The summed E-state index contributed by atoms with van der Waals surface area (Å²) in [6, 6.07) is 6.83. The normalized spacial score (nSPS) is 11.2. The average Bonchev–Trinajstić information content (AvgIpc) is 2.09. The van der Waals surface area contributed by atoms with Crippen LogP contribution in [0.25, 0.3) is 6.08 Å². The Morgan fingerprint density at radius 3 is 2.75 bits per heavy atom. The van der Waals surface area contributed by atoms with Crippen molar-refractivity contribution in [1.29, 1.82) is 0 Å². The molecule has 12 heavy (non-hydrogen) atoms. The summed E-state index contributed by atoms with van der Waals surface area (Å²) in [5, 5.41) is 9.28. The van der Waals surface area contributed by atoms with Crippen molar-refractivity contribution < 1.29 is 9.90 Å². The van der Waals surface area contributed by atoms with E-state index in [9.17, 15) is 9.90 Å². The molecule has 0 bridgehead atoms. The summed E-state index contributed by atoms with van der Waals surface area (Å²) in [5.74, 6) is 0.173. The molecule has 1 N–H and O–H groups in total. The SMILES string of the molecule is CC([C]=O)=Cc1ccccc1O. The number of rotatable bonds is 2. The number of hydrogen-bond acceptors (Lipinski definition) is 2. The van der Waals surface area contributed by atoms with Gasteiger partial charge in [0.05, 0.1) is 0 Å². The second kappa shape index (κ2) is 3.72. The minimum atomic E-state index is 0.173. The molecule has 0 aliphatic heterocycles. The Labute approximate surface area is 71.2 Å². The lowest BCUT2D eigenvalue weighted by Gasteiger charge is -1.96. The molecule has 1 rings (SSSR count). The van der Waals surface area contributed by atoms with Crippen LogP contribution in [-0.4, -0.2) is 11.4 Å². The fourth-order valence-corrected chi connectivity index (χ4v) is 0.872. The highest BCUT2D eigenvalue weighted by molar-refractivity contribution is 5.82. The molecule has 0 aliphatic rings. The number of benzene rings is 1. The summed E-state index contributed by atoms with van der Waals surface area (Å²) in [6.45, 7) is 1.64. The number of allylic oxidation sites excluding steroid dienone is 1. The minimum Gasteiger partial charge on any atom is -0.507 e. The Kier molecular flexibility index (Phi) is 2.64. The number of para-hydroxylation sites is 1. The Bertz CT molecular complexity index is 313. The van der Waals surface area contributed by atoms with Gasteiger partial charge in [0.15, 0.2) is 0 Å². The number of hydrogen-bond donors (Lipinski definition) is 1. The van der Waals surface area contributed by atoms with E-state index < -0.39 is 0 Å². The van der Waals surface area contributed by atoms with E-state index in [4.69, 9.17) is 0 Å². The molecule has 0 aliphatic carbocycles. The van der Waals surface area contributed by atoms with Crippen molar-refractivity contribution in [1.82, 2.24) is 0 Å². The second-order valence-corrected chi connectivity index (χ2v) is 2.49. The van der Waals surface area contributed by atoms with Crippen molar-refractivity contribution in [2.45, 2.75) is 6.92 Å². The minimum absolute atomic E-state index is 0.173. The van der Waals surface area contributed by atoms with Crippen LogP contribution in [0.1, 0.15) is 12.5 Å². The fourth-order valence-electron chi connectivity index (χ4n) is 0.872. The molecule has 1 aromatic carbocycles. The fraction of sp³-hybridized carbons (Fsp3) is 0.100. The van der Waals surface area contributed by atoms with Gasteiger partial charge < -0.3 is 5.11 Å². The average molecular weight is 161 g/mol. The van der Waals surface area contributed by atoms with Crippen LogP contribution in [0.5, 0.6) is 5.75 Å². The van der Waals surface area contributed by atoms with Crippen molar-refractivity contribution in [2.75, 3.05) is 0 Å². The topological polar surface area (TPSA) is 37.3 Å². The van der Waals surface area contributed by atoms with E-state index in [0.29, 0.717) is 11.1 Å². The van der Waals surface area contributed by atoms with Gasteiger partial charge >= 0.3 is 0 Å². The number of phenols is 1. The summed E-state index contributed by atoms with van der Waals surface area (Å²) in [7, 11) is 0. The quantitative estimate of drug-likeness (QED) is 0.672. The molecule has 0 atom stereocenters. The monoisotopic (exact) mass is 161 g/mol. The van der Waals surface area contributed by atoms with Crippen molar-refractivity contribution in [3.8, 4) is 5.75 Å². The first-order chi connectivity index (χ1) is 5.74. The molecule has 0 fully saturated rings. The van der Waals surface area contributed by atoms with Crippen LogP contribution in [0.3, 0.4) is 0 Å². The summed E-state index contributed by atoms with van der Waals surface area (Å²) in [5.41, 5.74) is 1.11. The lowest BCUT2D eigenvalue weighted by molar-refractivity contribution is 0.474. The van der Waals surface area contributed by atoms with Gasteiger partial charge in [-0.15, -0.1) is 0 Å². The highest BCUT2D eigenvalue weighted by atomic mass is 16.3. The molecule has 1 aromatic rings. The highest BCUT2D eigenvalue weighted by Gasteiger charge is 1.95. The first-order valence-electron chi connectivity index (χ1n) is 3.58. The molecule has 61 valence electrons. The molecule has 0 spiro atoms. The van der Waals surface area contributed by atoms with Gasteiger partial charge in [0.2, 0.25) is 6.29 Å². The largest absolute Gasteiger partial charge is 0.507 e. The van der Waals surface area contributed by atoms with Gasteiger partial charge in [-0.05, 0) is 19.1 Å². The molecule has 1 radical (unpaired) electrons. The Morgan fingerprint density at radius 2 is 2.17 bits per heavy atom. The maximum absolute atomic E-state index is 10.1. The third kappa shape index (κ3) is 1.95. The van der Waals surface area contributed by atoms with E-state index >= 15 is 0 Å². The van der Waals surface area contributed by atoms with E-state index in [2.05, 4.69) is 0 Å². The Morgan fingerprint density at radius 1 is 1.50 bits per heavy atom. The van der Waals surface area contributed by atoms with E-state index in [-0.39, 0.29) is 5.75 Å². The first kappa shape index (κ1) is 8.53. The molecule has 0 unspecified atom stereocenters. The van der Waals surface area contributed by atoms with Crippen LogP contribution in [0.2, 0.25) is 0 Å². The second-order valence-electron chi connectivity index (χ2n) is 2.49. The zero-order valence-electron chi connectivity index (χ0n) is 6.74. The van der Waals surface area contributed by atoms with Gasteiger partial charge in [-0.3, -0.25) is 4.79 Å². The van der Waals surface area contributed by atoms with Crippen LogP contribution in [0.4, 0.5) is 0 Å². The summed E-state index contributed by atoms with van der Waals surface area (Å²) < 4.78 is 0. The molecular weight excluding hydrogens is 152 g/mol. The molecule has 0 saturated carbocycles. The van der Waals surface area contributed by atoms with Crippen molar-refractivity contribution in [3.63, 3.8) is 0 Å². The van der Waals surface area contributed by atoms with Crippen molar-refractivity contribution >= 4 is 12.4 Å². The van der Waals surface area contributed by atoms with E-state index in [1.165, 1.54) is 0 Å². The van der Waals surface area contributed by atoms with Gasteiger partial charge in [-0.1, -0.05) is 18.2 Å². The Hall–Kier alpha value is -1.57. The van der Waals surface area contributed by atoms with Gasteiger partial charge in [0.25, 0.3) is 0 Å². The maximum atomic E-state index is 10.1. The predicted octanol–water partition coefficient (Wildman–Crippen LogP) is 1.91. The smallest absolute Gasteiger partial charge is 0.228 e. The molecule has 0 saturated heterocycles. The number of phenolic OH excluding ortho intramolecular Hbond substituents is 1. The van der Waals surface area contributed by atoms with Crippen molar-refractivity contribution in [2.24, 2.45) is 0 Å². The van der Waals surface area contributed by atoms with Gasteiger partial charge in [-0.2, -0.15) is 0 Å². The third-order valence-electron chi connectivity index (χ3n) is 1.47. The summed E-state index contributed by atoms with van der Waals surface area (Å²) in [4.78, 5) is 10.1. The van der Waals surface area contributed by atoms with Crippen molar-refractivity contribution in [3.05, 3.63) is 35.4 Å². The number of carbonyl (C=O) groups excluding carboxylic acids is 1. The first-order valence-corrected chi connectivity index (χ1v) is 3.58. The number of aromatic hydroxyl groups is 1. The molecular formula is C10H9O2. The van der Waals surface area contributed by atoms with E-state index in [1.54, 1.807) is 43.6 Å². The van der Waals surface area contributed by atoms with Crippen LogP contribution < -0.4 is 0 Å². The molecule has 0 aromatic heterocycles. The third-order valence-corrected chi connectivity index (χ3v) is 1.47. The van der Waals surface area contributed by atoms with Crippen LogP contribution >= 0.6 is 0 Å². The lowest BCUT2D eigenvalue weighted by Crippen LogP contribution is -1.78. The van der Waals surface area contributed by atoms with Gasteiger partial charge in [0, 0.05) is 11.1 Å². The lowest BCUT2D eigenvalue weighted by atomic mass is 10.1. The molecule has 2 nitrogen and oxygen atoms in total. The van der Waals surface area contributed by atoms with E-state index in [0.717, 1.165) is 0 Å². The Balaban J connectivity index is 3.04. The predicted molar refractivity (Wildman–Crippen MR) is 47.5 cm³/mol. The molecule has 0 heterocycles. The summed E-state index contributed by atoms with van der Waals surface area (Å²) in [6.07, 6.45) is 3.33. The highest BCUT2D eigenvalue weighted by Crippen LogP contribution is 2.17. The maximum Gasteiger partial charge on any atom is 0.228 e. The van der Waals surface area contributed by atoms with Crippen LogP contribution in [0, 0.1) is 0 Å². The van der Waals surface area contributed by atoms with E-state index in [1.807, 2.05) is 0 Å². The van der Waals surface area contributed by atoms with Gasteiger partial charge in [0.1, 0.15) is 5.75 Å². The zero-order valence-corrected chi connectivity index (χ0v) is 6.74. The summed E-state index contributed by atoms with van der Waals surface area (Å²) >= 11 is 0. The van der Waals surface area contributed by atoms with Crippen LogP contribution in [0.15, 0.2) is 29.8 Å². The standard InChI is InChI=1S/C10H9O2/c1-8(7-11)6-9-4-2-3-5-10(9)12/h2-6,12H,1H3. The van der Waals surface area contributed by atoms with Crippen LogP contribution in [-0.2, 0) is 4.79 Å². The van der Waals surface area contributed by atoms with Gasteiger partial charge in [-0.25, -0.2) is 0 Å². The molecule has 2 heteroatoms. The zero-order chi connectivity index (χ0) is 8.97. The molecule has 0 amide bonds.